The van der Waals surface area contributed by atoms with Crippen LogP contribution in [0.1, 0.15) is 37.7 Å². The second-order valence-corrected chi connectivity index (χ2v) is 8.31. The minimum absolute atomic E-state index is 0. The van der Waals surface area contributed by atoms with E-state index >= 15 is 4.39 Å². The molecular formula is C22H24ClFN6O2. The third kappa shape index (κ3) is 3.26. The van der Waals surface area contributed by atoms with E-state index in [0.717, 1.165) is 38.6 Å². The van der Waals surface area contributed by atoms with E-state index in [1.807, 2.05) is 21.4 Å². The molecule has 3 N–H and O–H groups in total. The first-order chi connectivity index (χ1) is 15.1. The van der Waals surface area contributed by atoms with E-state index in [1.54, 1.807) is 18.7 Å². The Bertz CT molecular complexity index is 1260. The predicted molar refractivity (Wildman–Crippen MR) is 122 cm³/mol. The molecule has 3 heterocycles. The quantitative estimate of drug-likeness (QED) is 0.448. The number of nitrogens with zero attached hydrogens (tertiary/aromatic N) is 4. The molecule has 0 amide bonds. The molecule has 8 nitrogen and oxygen atoms in total. The third-order valence-corrected chi connectivity index (χ3v) is 6.48. The SMILES string of the molecule is Cl.N#Cc1cn2c3c(c(NCCCn4ccnc4)c(F)c(N)c3c1=O)OCC21CCCC1. The van der Waals surface area contributed by atoms with Gasteiger partial charge in [-0.15, -0.1) is 12.4 Å². The molecule has 2 aliphatic rings. The second-order valence-electron chi connectivity index (χ2n) is 8.31. The summed E-state index contributed by atoms with van der Waals surface area (Å²) in [6.07, 6.45) is 11.5. The van der Waals surface area contributed by atoms with Crippen molar-refractivity contribution < 1.29 is 9.13 Å². The maximum atomic E-state index is 15.3. The number of hydrogen-bond acceptors (Lipinski definition) is 6. The van der Waals surface area contributed by atoms with Crippen LogP contribution >= 0.6 is 12.4 Å². The number of pyridine rings is 1. The van der Waals surface area contributed by atoms with E-state index < -0.39 is 11.2 Å². The number of halogens is 2. The van der Waals surface area contributed by atoms with Gasteiger partial charge < -0.3 is 24.9 Å². The fraction of sp³-hybridized carbons (Fsp3) is 0.409. The first-order valence-electron chi connectivity index (χ1n) is 10.5. The van der Waals surface area contributed by atoms with Crippen LogP contribution in [0.15, 0.2) is 29.7 Å². The average molecular weight is 459 g/mol. The van der Waals surface area contributed by atoms with Crippen LogP contribution in [0.3, 0.4) is 0 Å². The number of ether oxygens (including phenoxy) is 1. The predicted octanol–water partition coefficient (Wildman–Crippen LogP) is 3.38. The van der Waals surface area contributed by atoms with Gasteiger partial charge in [0.15, 0.2) is 11.6 Å². The second kappa shape index (κ2) is 8.36. The molecule has 0 radical (unpaired) electrons. The van der Waals surface area contributed by atoms with E-state index in [2.05, 4.69) is 10.3 Å². The van der Waals surface area contributed by atoms with Crippen molar-refractivity contribution in [3.63, 3.8) is 0 Å². The lowest BCUT2D eigenvalue weighted by Gasteiger charge is -2.39. The maximum Gasteiger partial charge on any atom is 0.209 e. The Morgan fingerprint density at radius 3 is 2.84 bits per heavy atom. The summed E-state index contributed by atoms with van der Waals surface area (Å²) in [5.41, 5.74) is 5.60. The molecule has 0 unspecified atom stereocenters. The van der Waals surface area contributed by atoms with Crippen molar-refractivity contribution in [3.05, 3.63) is 46.5 Å². The smallest absolute Gasteiger partial charge is 0.209 e. The van der Waals surface area contributed by atoms with Crippen LogP contribution in [-0.4, -0.2) is 27.3 Å². The largest absolute Gasteiger partial charge is 0.487 e. The molecule has 168 valence electrons. The molecule has 0 bridgehead atoms. The summed E-state index contributed by atoms with van der Waals surface area (Å²) in [6.45, 7) is 1.59. The number of hydrogen-bond donors (Lipinski definition) is 2. The summed E-state index contributed by atoms with van der Waals surface area (Å²) >= 11 is 0. The highest BCUT2D eigenvalue weighted by Gasteiger charge is 2.42. The summed E-state index contributed by atoms with van der Waals surface area (Å²) in [6, 6.07) is 1.95. The Kier molecular flexibility index (Phi) is 5.73. The van der Waals surface area contributed by atoms with Crippen molar-refractivity contribution in [2.45, 2.75) is 44.2 Å². The lowest BCUT2D eigenvalue weighted by Crippen LogP contribution is -2.41. The topological polar surface area (TPSA) is 111 Å². The number of fused-ring (bicyclic) bond motifs is 1. The standard InChI is InChI=1S/C22H23FN6O2.ClH/c23-16-17(25)15-19-21(18(16)27-6-3-8-28-9-7-26-13-28)31-12-22(4-1-2-5-22)29(19)11-14(10-24)20(15)30;/h7,9,11,13,27H,1-6,8,12,25H2;1H. The van der Waals surface area contributed by atoms with Crippen molar-refractivity contribution in [1.29, 1.82) is 5.26 Å². The van der Waals surface area contributed by atoms with Crippen molar-refractivity contribution in [3.8, 4) is 11.8 Å². The summed E-state index contributed by atoms with van der Waals surface area (Å²) in [4.78, 5) is 16.9. The highest BCUT2D eigenvalue weighted by molar-refractivity contribution is 6.01. The Hall–Kier alpha value is -3.25. The summed E-state index contributed by atoms with van der Waals surface area (Å²) in [7, 11) is 0. The van der Waals surface area contributed by atoms with E-state index in [0.29, 0.717) is 24.4 Å². The number of anilines is 2. The van der Waals surface area contributed by atoms with Crippen LogP contribution in [-0.2, 0) is 12.1 Å². The molecule has 1 fully saturated rings. The Balaban J connectivity index is 0.00000245. The monoisotopic (exact) mass is 458 g/mol. The van der Waals surface area contributed by atoms with Crippen molar-refractivity contribution >= 4 is 34.7 Å². The number of aromatic nitrogens is 3. The van der Waals surface area contributed by atoms with Crippen LogP contribution in [0.5, 0.6) is 5.75 Å². The fourth-order valence-electron chi connectivity index (χ4n) is 4.89. The molecule has 1 spiro atoms. The normalized spacial score (nSPS) is 15.9. The molecule has 1 saturated carbocycles. The summed E-state index contributed by atoms with van der Waals surface area (Å²) in [5.74, 6) is -0.422. The van der Waals surface area contributed by atoms with Gasteiger partial charge in [-0.05, 0) is 19.3 Å². The number of nitrogens with two attached hydrogens (primary N) is 1. The van der Waals surface area contributed by atoms with Gasteiger partial charge in [0.05, 0.1) is 28.5 Å². The number of nitriles is 1. The zero-order chi connectivity index (χ0) is 21.6. The van der Waals surface area contributed by atoms with E-state index in [1.165, 1.54) is 0 Å². The lowest BCUT2D eigenvalue weighted by molar-refractivity contribution is 0.143. The first kappa shape index (κ1) is 22.0. The van der Waals surface area contributed by atoms with Crippen molar-refractivity contribution in [2.24, 2.45) is 0 Å². The molecule has 32 heavy (non-hydrogen) atoms. The van der Waals surface area contributed by atoms with Gasteiger partial charge in [0.2, 0.25) is 5.43 Å². The number of nitrogen functional groups attached to an aromatic ring is 1. The van der Waals surface area contributed by atoms with Gasteiger partial charge >= 0.3 is 0 Å². The van der Waals surface area contributed by atoms with Crippen LogP contribution < -0.4 is 21.2 Å². The number of nitrogens with one attached hydrogen (secondary N) is 1. The van der Waals surface area contributed by atoms with Gasteiger partial charge in [0.25, 0.3) is 0 Å². The Morgan fingerprint density at radius 2 is 2.16 bits per heavy atom. The molecule has 0 saturated heterocycles. The maximum absolute atomic E-state index is 15.3. The lowest BCUT2D eigenvalue weighted by atomic mass is 9.93. The molecule has 1 aliphatic heterocycles. The molecule has 5 rings (SSSR count). The molecule has 10 heteroatoms. The first-order valence-corrected chi connectivity index (χ1v) is 10.5. The zero-order valence-corrected chi connectivity index (χ0v) is 18.3. The molecular weight excluding hydrogens is 435 g/mol. The Labute approximate surface area is 190 Å². The van der Waals surface area contributed by atoms with Crippen LogP contribution in [0.2, 0.25) is 0 Å². The molecule has 0 atom stereocenters. The van der Waals surface area contributed by atoms with Crippen molar-refractivity contribution in [1.82, 2.24) is 14.1 Å². The third-order valence-electron chi connectivity index (χ3n) is 6.48. The minimum Gasteiger partial charge on any atom is -0.487 e. The van der Waals surface area contributed by atoms with E-state index in [9.17, 15) is 10.1 Å². The molecule has 1 aliphatic carbocycles. The number of rotatable bonds is 5. The van der Waals surface area contributed by atoms with Gasteiger partial charge in [0.1, 0.15) is 23.9 Å². The Morgan fingerprint density at radius 1 is 1.38 bits per heavy atom. The van der Waals surface area contributed by atoms with Crippen LogP contribution in [0.25, 0.3) is 10.9 Å². The number of aryl methyl sites for hydroxylation is 1. The van der Waals surface area contributed by atoms with Crippen LogP contribution in [0, 0.1) is 17.1 Å². The zero-order valence-electron chi connectivity index (χ0n) is 17.4. The summed E-state index contributed by atoms with van der Waals surface area (Å²) < 4.78 is 25.3. The van der Waals surface area contributed by atoms with Gasteiger partial charge in [-0.2, -0.15) is 5.26 Å². The fourth-order valence-corrected chi connectivity index (χ4v) is 4.89. The van der Waals surface area contributed by atoms with Gasteiger partial charge in [-0.25, -0.2) is 9.37 Å². The number of imidazole rings is 1. The highest BCUT2D eigenvalue weighted by atomic mass is 35.5. The van der Waals surface area contributed by atoms with Gasteiger partial charge in [-0.1, -0.05) is 12.8 Å². The van der Waals surface area contributed by atoms with E-state index in [4.69, 9.17) is 10.5 Å². The van der Waals surface area contributed by atoms with Gasteiger partial charge in [-0.3, -0.25) is 4.79 Å². The number of benzene rings is 1. The molecule has 2 aromatic heterocycles. The molecule has 1 aromatic carbocycles. The highest BCUT2D eigenvalue weighted by Crippen LogP contribution is 2.48. The minimum atomic E-state index is -0.716. The average Bonchev–Trinajstić information content (AvgIpc) is 3.46. The molecule has 3 aromatic rings. The van der Waals surface area contributed by atoms with E-state index in [-0.39, 0.29) is 40.3 Å². The van der Waals surface area contributed by atoms with Crippen LogP contribution in [0.4, 0.5) is 15.8 Å². The summed E-state index contributed by atoms with van der Waals surface area (Å²) in [5, 5.41) is 12.7. The van der Waals surface area contributed by atoms with Crippen molar-refractivity contribution in [2.75, 3.05) is 24.2 Å². The van der Waals surface area contributed by atoms with Gasteiger partial charge in [0, 0.05) is 31.7 Å².